The molecule has 0 bridgehead atoms. The van der Waals surface area contributed by atoms with Gasteiger partial charge < -0.3 is 5.73 Å². The van der Waals surface area contributed by atoms with Crippen molar-refractivity contribution in [2.24, 2.45) is 0 Å². The zero-order valence-electron chi connectivity index (χ0n) is 9.67. The van der Waals surface area contributed by atoms with Crippen molar-refractivity contribution >= 4 is 17.4 Å². The number of benzene rings is 1. The summed E-state index contributed by atoms with van der Waals surface area (Å²) in [5, 5.41) is 4.70. The Balaban J connectivity index is 2.31. The third-order valence-corrected chi connectivity index (χ3v) is 3.11. The number of aromatic nitrogens is 2. The maximum absolute atomic E-state index is 13.1. The van der Waals surface area contributed by atoms with Crippen molar-refractivity contribution in [3.63, 3.8) is 0 Å². The number of aryl methyl sites for hydroxylation is 2. The van der Waals surface area contributed by atoms with Gasteiger partial charge in [-0.05, 0) is 31.0 Å². The van der Waals surface area contributed by atoms with Gasteiger partial charge in [0.05, 0.1) is 12.2 Å². The van der Waals surface area contributed by atoms with Crippen LogP contribution in [0.3, 0.4) is 0 Å². The van der Waals surface area contributed by atoms with E-state index in [0.29, 0.717) is 28.6 Å². The summed E-state index contributed by atoms with van der Waals surface area (Å²) >= 11 is 5.95. The van der Waals surface area contributed by atoms with Gasteiger partial charge in [-0.3, -0.25) is 0 Å². The first kappa shape index (κ1) is 11.9. The van der Waals surface area contributed by atoms with E-state index in [4.69, 9.17) is 17.3 Å². The van der Waals surface area contributed by atoms with Crippen molar-refractivity contribution < 1.29 is 4.39 Å². The minimum atomic E-state index is -0.212. The van der Waals surface area contributed by atoms with Gasteiger partial charge >= 0.3 is 0 Å². The van der Waals surface area contributed by atoms with Gasteiger partial charge in [-0.1, -0.05) is 23.7 Å². The molecule has 1 heterocycles. The van der Waals surface area contributed by atoms with Gasteiger partial charge in [0.2, 0.25) is 0 Å². The van der Waals surface area contributed by atoms with Crippen LogP contribution in [-0.2, 0) is 6.54 Å². The molecule has 0 aliphatic carbocycles. The number of nitrogen functional groups attached to an aromatic ring is 1. The average molecular weight is 254 g/mol. The molecule has 0 radical (unpaired) electrons. The highest BCUT2D eigenvalue weighted by Crippen LogP contribution is 2.23. The molecule has 0 aliphatic heterocycles. The van der Waals surface area contributed by atoms with Crippen LogP contribution in [0.2, 0.25) is 5.02 Å². The van der Waals surface area contributed by atoms with E-state index in [-0.39, 0.29) is 5.82 Å². The number of nitrogens with zero attached hydrogens (tertiary/aromatic N) is 2. The molecule has 0 saturated heterocycles. The Hall–Kier alpha value is -1.55. The number of nitrogens with two attached hydrogens (primary N) is 1. The van der Waals surface area contributed by atoms with E-state index in [9.17, 15) is 4.39 Å². The van der Waals surface area contributed by atoms with Crippen molar-refractivity contribution in [3.05, 3.63) is 45.9 Å². The lowest BCUT2D eigenvalue weighted by Crippen LogP contribution is -2.06. The standard InChI is InChI=1S/C12H13ClFN3/c1-7-5-9(3-4-10(7)14)6-17-12(15)11(13)8(2)16-17/h3-5H,6,15H2,1-2H3. The minimum Gasteiger partial charge on any atom is -0.383 e. The van der Waals surface area contributed by atoms with Gasteiger partial charge in [0.25, 0.3) is 0 Å². The fourth-order valence-electron chi connectivity index (χ4n) is 1.68. The zero-order valence-corrected chi connectivity index (χ0v) is 10.4. The van der Waals surface area contributed by atoms with E-state index in [0.717, 1.165) is 5.56 Å². The summed E-state index contributed by atoms with van der Waals surface area (Å²) < 4.78 is 14.7. The third-order valence-electron chi connectivity index (χ3n) is 2.65. The second-order valence-electron chi connectivity index (χ2n) is 4.03. The predicted octanol–water partition coefficient (Wildman–Crippen LogP) is 2.92. The Labute approximate surface area is 104 Å². The van der Waals surface area contributed by atoms with Crippen LogP contribution in [-0.4, -0.2) is 9.78 Å². The normalized spacial score (nSPS) is 10.8. The van der Waals surface area contributed by atoms with Gasteiger partial charge in [-0.25, -0.2) is 9.07 Å². The van der Waals surface area contributed by atoms with Crippen LogP contribution >= 0.6 is 11.6 Å². The van der Waals surface area contributed by atoms with E-state index in [2.05, 4.69) is 5.10 Å². The van der Waals surface area contributed by atoms with Gasteiger partial charge in [0.1, 0.15) is 16.7 Å². The molecule has 2 N–H and O–H groups in total. The van der Waals surface area contributed by atoms with Crippen molar-refractivity contribution in [1.82, 2.24) is 9.78 Å². The predicted molar refractivity (Wildman–Crippen MR) is 66.6 cm³/mol. The Kier molecular flexibility index (Phi) is 3.07. The monoisotopic (exact) mass is 253 g/mol. The van der Waals surface area contributed by atoms with E-state index < -0.39 is 0 Å². The molecule has 90 valence electrons. The molecule has 3 nitrogen and oxygen atoms in total. The molecule has 1 aromatic carbocycles. The maximum atomic E-state index is 13.1. The molecule has 2 aromatic rings. The largest absolute Gasteiger partial charge is 0.383 e. The molecule has 0 unspecified atom stereocenters. The molecule has 0 amide bonds. The maximum Gasteiger partial charge on any atom is 0.141 e. The van der Waals surface area contributed by atoms with E-state index in [1.807, 2.05) is 0 Å². The first-order valence-corrected chi connectivity index (χ1v) is 5.60. The summed E-state index contributed by atoms with van der Waals surface area (Å²) in [6.07, 6.45) is 0. The summed E-state index contributed by atoms with van der Waals surface area (Å²) in [5.41, 5.74) is 8.06. The van der Waals surface area contributed by atoms with Crippen LogP contribution in [0.4, 0.5) is 10.2 Å². The fourth-order valence-corrected chi connectivity index (χ4v) is 1.81. The second kappa shape index (κ2) is 4.37. The molecule has 5 heteroatoms. The second-order valence-corrected chi connectivity index (χ2v) is 4.40. The van der Waals surface area contributed by atoms with Gasteiger partial charge in [-0.2, -0.15) is 5.10 Å². The molecule has 0 saturated carbocycles. The number of hydrogen-bond donors (Lipinski definition) is 1. The molecule has 2 rings (SSSR count). The third kappa shape index (κ3) is 2.26. The van der Waals surface area contributed by atoms with Crippen molar-refractivity contribution in [3.8, 4) is 0 Å². The smallest absolute Gasteiger partial charge is 0.141 e. The Bertz CT molecular complexity index is 563. The first-order valence-electron chi connectivity index (χ1n) is 5.22. The highest BCUT2D eigenvalue weighted by Gasteiger charge is 2.10. The van der Waals surface area contributed by atoms with Crippen molar-refractivity contribution in [2.45, 2.75) is 20.4 Å². The molecule has 17 heavy (non-hydrogen) atoms. The van der Waals surface area contributed by atoms with Gasteiger partial charge in [0, 0.05) is 0 Å². The number of rotatable bonds is 2. The lowest BCUT2D eigenvalue weighted by Gasteiger charge is -2.05. The Morgan fingerprint density at radius 3 is 2.65 bits per heavy atom. The van der Waals surface area contributed by atoms with Gasteiger partial charge in [-0.15, -0.1) is 0 Å². The Morgan fingerprint density at radius 1 is 1.41 bits per heavy atom. The summed E-state index contributed by atoms with van der Waals surface area (Å²) in [6, 6.07) is 4.94. The fraction of sp³-hybridized carbons (Fsp3) is 0.250. The Morgan fingerprint density at radius 2 is 2.12 bits per heavy atom. The molecular formula is C12H13ClFN3. The first-order chi connectivity index (χ1) is 7.99. The van der Waals surface area contributed by atoms with Crippen LogP contribution in [0.5, 0.6) is 0 Å². The summed E-state index contributed by atoms with van der Waals surface area (Å²) in [5.74, 6) is 0.225. The topological polar surface area (TPSA) is 43.8 Å². The SMILES string of the molecule is Cc1cc(Cn2nc(C)c(Cl)c2N)ccc1F. The minimum absolute atomic E-state index is 0.212. The van der Waals surface area contributed by atoms with E-state index in [1.165, 1.54) is 6.07 Å². The molecule has 0 atom stereocenters. The highest BCUT2D eigenvalue weighted by molar-refractivity contribution is 6.33. The summed E-state index contributed by atoms with van der Waals surface area (Å²) in [6.45, 7) is 4.01. The van der Waals surface area contributed by atoms with Crippen LogP contribution in [0.15, 0.2) is 18.2 Å². The average Bonchev–Trinajstić information content (AvgIpc) is 2.52. The van der Waals surface area contributed by atoms with Crippen LogP contribution in [0.25, 0.3) is 0 Å². The van der Waals surface area contributed by atoms with Crippen LogP contribution < -0.4 is 5.73 Å². The van der Waals surface area contributed by atoms with Crippen LogP contribution in [0, 0.1) is 19.7 Å². The van der Waals surface area contributed by atoms with Crippen LogP contribution in [0.1, 0.15) is 16.8 Å². The summed E-state index contributed by atoms with van der Waals surface area (Å²) in [7, 11) is 0. The molecule has 0 fully saturated rings. The number of halogens is 2. The number of anilines is 1. The molecule has 0 spiro atoms. The molecular weight excluding hydrogens is 241 g/mol. The van der Waals surface area contributed by atoms with Crippen molar-refractivity contribution in [2.75, 3.05) is 5.73 Å². The molecule has 1 aromatic heterocycles. The van der Waals surface area contributed by atoms with Gasteiger partial charge in [0.15, 0.2) is 0 Å². The van der Waals surface area contributed by atoms with Crippen molar-refractivity contribution in [1.29, 1.82) is 0 Å². The molecule has 0 aliphatic rings. The van der Waals surface area contributed by atoms with E-state index >= 15 is 0 Å². The lowest BCUT2D eigenvalue weighted by atomic mass is 10.1. The quantitative estimate of drug-likeness (QED) is 0.894. The zero-order chi connectivity index (χ0) is 12.6. The van der Waals surface area contributed by atoms with E-state index in [1.54, 1.807) is 30.7 Å². The lowest BCUT2D eigenvalue weighted by molar-refractivity contribution is 0.615. The highest BCUT2D eigenvalue weighted by atomic mass is 35.5. The number of hydrogen-bond acceptors (Lipinski definition) is 2. The summed E-state index contributed by atoms with van der Waals surface area (Å²) in [4.78, 5) is 0.